The van der Waals surface area contributed by atoms with Crippen LogP contribution in [0.5, 0.6) is 0 Å². The fourth-order valence-electron chi connectivity index (χ4n) is 3.44. The summed E-state index contributed by atoms with van der Waals surface area (Å²) in [6, 6.07) is 9.58. The van der Waals surface area contributed by atoms with Crippen molar-refractivity contribution >= 4 is 38.6 Å². The Labute approximate surface area is 191 Å². The monoisotopic (exact) mass is 478 g/mol. The van der Waals surface area contributed by atoms with E-state index in [2.05, 4.69) is 15.3 Å². The maximum Gasteiger partial charge on any atom is 0.416 e. The van der Waals surface area contributed by atoms with Gasteiger partial charge in [-0.3, -0.25) is 10.2 Å². The van der Waals surface area contributed by atoms with Crippen LogP contribution in [0.4, 0.5) is 18.3 Å². The molecule has 0 unspecified atom stereocenters. The van der Waals surface area contributed by atoms with Crippen molar-refractivity contribution in [3.8, 4) is 0 Å². The number of fused-ring (bicyclic) bond motifs is 1. The van der Waals surface area contributed by atoms with Crippen molar-refractivity contribution in [2.45, 2.75) is 13.1 Å². The van der Waals surface area contributed by atoms with E-state index in [1.54, 1.807) is 30.1 Å². The number of alkyl halides is 3. The number of nitrogens with one attached hydrogen (secondary N) is 1. The second kappa shape index (κ2) is 9.36. The highest BCUT2D eigenvalue weighted by Gasteiger charge is 2.31. The van der Waals surface area contributed by atoms with Gasteiger partial charge in [0, 0.05) is 31.7 Å². The molecule has 1 aromatic heterocycles. The van der Waals surface area contributed by atoms with E-state index in [1.165, 1.54) is 23.5 Å². The number of anilines is 1. The first-order chi connectivity index (χ1) is 15.7. The highest BCUT2D eigenvalue weighted by molar-refractivity contribution is 7.22. The summed E-state index contributed by atoms with van der Waals surface area (Å²) in [4.78, 5) is 31.1. The lowest BCUT2D eigenvalue weighted by Gasteiger charge is -2.34. The Morgan fingerprint density at radius 3 is 2.55 bits per heavy atom. The van der Waals surface area contributed by atoms with Gasteiger partial charge >= 0.3 is 12.1 Å². The van der Waals surface area contributed by atoms with Crippen LogP contribution in [-0.2, 0) is 10.9 Å². The molecule has 1 N–H and O–H groups in total. The van der Waals surface area contributed by atoms with Crippen LogP contribution in [0.2, 0.25) is 0 Å². The number of piperazine rings is 1. The van der Waals surface area contributed by atoms with Crippen molar-refractivity contribution in [1.82, 2.24) is 15.4 Å². The van der Waals surface area contributed by atoms with E-state index in [0.29, 0.717) is 38.3 Å². The third-order valence-corrected chi connectivity index (χ3v) is 6.23. The second-order valence-corrected chi connectivity index (χ2v) is 8.40. The molecule has 2 aromatic carbocycles. The average molecular weight is 478 g/mol. The number of thiazole rings is 1. The molecule has 2 heterocycles. The molecular formula is C22H21F3N4O3S. The van der Waals surface area contributed by atoms with Crippen LogP contribution in [0.3, 0.4) is 0 Å². The summed E-state index contributed by atoms with van der Waals surface area (Å²) in [6.07, 6.45) is -4.50. The van der Waals surface area contributed by atoms with Gasteiger partial charge in [0.15, 0.2) is 5.13 Å². The van der Waals surface area contributed by atoms with Gasteiger partial charge in [0.05, 0.1) is 28.0 Å². The smallest absolute Gasteiger partial charge is 0.416 e. The van der Waals surface area contributed by atoms with Gasteiger partial charge in [-0.1, -0.05) is 17.4 Å². The maximum atomic E-state index is 12.9. The van der Waals surface area contributed by atoms with Crippen molar-refractivity contribution in [1.29, 1.82) is 0 Å². The third kappa shape index (κ3) is 5.25. The zero-order chi connectivity index (χ0) is 23.6. The van der Waals surface area contributed by atoms with E-state index < -0.39 is 17.6 Å². The van der Waals surface area contributed by atoms with Crippen molar-refractivity contribution in [3.05, 3.63) is 59.2 Å². The third-order valence-electron chi connectivity index (χ3n) is 5.15. The number of ether oxygens (including phenoxy) is 1. The first-order valence-electron chi connectivity index (χ1n) is 10.3. The molecule has 174 valence electrons. The summed E-state index contributed by atoms with van der Waals surface area (Å²) >= 11 is 1.46. The molecule has 0 saturated carbocycles. The van der Waals surface area contributed by atoms with Gasteiger partial charge in [0.1, 0.15) is 0 Å². The highest BCUT2D eigenvalue weighted by Crippen LogP contribution is 2.31. The van der Waals surface area contributed by atoms with Crippen LogP contribution in [0.25, 0.3) is 10.2 Å². The lowest BCUT2D eigenvalue weighted by atomic mass is 10.1. The quantitative estimate of drug-likeness (QED) is 0.560. The molecule has 0 radical (unpaired) electrons. The van der Waals surface area contributed by atoms with Gasteiger partial charge in [-0.15, -0.1) is 0 Å². The fourth-order valence-corrected chi connectivity index (χ4v) is 4.50. The zero-order valence-corrected chi connectivity index (χ0v) is 18.5. The molecule has 1 saturated heterocycles. The average Bonchev–Trinajstić information content (AvgIpc) is 3.22. The van der Waals surface area contributed by atoms with Crippen molar-refractivity contribution in [2.75, 3.05) is 37.7 Å². The Kier molecular flexibility index (Phi) is 6.52. The topological polar surface area (TPSA) is 74.8 Å². The maximum absolute atomic E-state index is 12.9. The van der Waals surface area contributed by atoms with Crippen LogP contribution < -0.4 is 10.3 Å². The van der Waals surface area contributed by atoms with Crippen LogP contribution in [-0.4, -0.2) is 54.7 Å². The number of halogens is 3. The molecule has 0 spiro atoms. The predicted molar refractivity (Wildman–Crippen MR) is 118 cm³/mol. The molecule has 0 bridgehead atoms. The first kappa shape index (κ1) is 23.0. The Balaban J connectivity index is 1.37. The van der Waals surface area contributed by atoms with Crippen molar-refractivity contribution in [2.24, 2.45) is 0 Å². The number of hydrogen-bond acceptors (Lipinski definition) is 7. The van der Waals surface area contributed by atoms with Gasteiger partial charge < -0.3 is 9.64 Å². The van der Waals surface area contributed by atoms with Crippen LogP contribution in [0, 0.1) is 0 Å². The molecule has 7 nitrogen and oxygen atoms in total. The van der Waals surface area contributed by atoms with Crippen LogP contribution in [0.1, 0.15) is 33.2 Å². The number of carbonyl (C=O) groups is 2. The molecule has 0 atom stereocenters. The summed E-state index contributed by atoms with van der Waals surface area (Å²) in [7, 11) is 0. The number of amides is 1. The minimum Gasteiger partial charge on any atom is -0.462 e. The lowest BCUT2D eigenvalue weighted by molar-refractivity contribution is -0.137. The normalized spacial score (nSPS) is 15.0. The Morgan fingerprint density at radius 2 is 1.85 bits per heavy atom. The fraction of sp³-hybridized carbons (Fsp3) is 0.318. The summed E-state index contributed by atoms with van der Waals surface area (Å²) < 4.78 is 44.6. The van der Waals surface area contributed by atoms with Crippen molar-refractivity contribution < 1.29 is 27.5 Å². The number of aromatic nitrogens is 1. The molecule has 1 amide bonds. The molecule has 0 aliphatic carbocycles. The minimum absolute atomic E-state index is 0.0455. The molecule has 3 aromatic rings. The van der Waals surface area contributed by atoms with Crippen LogP contribution in [0.15, 0.2) is 42.5 Å². The Bertz CT molecular complexity index is 1170. The van der Waals surface area contributed by atoms with E-state index in [0.717, 1.165) is 27.5 Å². The number of hydrogen-bond donors (Lipinski definition) is 1. The SMILES string of the molecule is CCOC(=O)c1ccc2nc(N3CCN(NC(=O)c4cccc(C(F)(F)F)c4)CC3)sc2c1. The molecular weight excluding hydrogens is 457 g/mol. The highest BCUT2D eigenvalue weighted by atomic mass is 32.1. The number of esters is 1. The van der Waals surface area contributed by atoms with Gasteiger partial charge in [-0.05, 0) is 43.3 Å². The van der Waals surface area contributed by atoms with Gasteiger partial charge in [0.2, 0.25) is 0 Å². The zero-order valence-electron chi connectivity index (χ0n) is 17.7. The van der Waals surface area contributed by atoms with Gasteiger partial charge in [0.25, 0.3) is 5.91 Å². The van der Waals surface area contributed by atoms with E-state index in [-0.39, 0.29) is 11.5 Å². The number of rotatable bonds is 5. The lowest BCUT2D eigenvalue weighted by Crippen LogP contribution is -2.53. The summed E-state index contributed by atoms with van der Waals surface area (Å²) in [5.74, 6) is -0.958. The van der Waals surface area contributed by atoms with E-state index in [9.17, 15) is 22.8 Å². The molecule has 1 aliphatic heterocycles. The van der Waals surface area contributed by atoms with Crippen molar-refractivity contribution in [3.63, 3.8) is 0 Å². The molecule has 4 rings (SSSR count). The molecule has 1 fully saturated rings. The second-order valence-electron chi connectivity index (χ2n) is 7.39. The summed E-state index contributed by atoms with van der Waals surface area (Å²) in [6.45, 7) is 4.17. The Morgan fingerprint density at radius 1 is 1.09 bits per heavy atom. The Hall–Kier alpha value is -3.18. The molecule has 1 aliphatic rings. The summed E-state index contributed by atoms with van der Waals surface area (Å²) in [5.41, 5.74) is 3.03. The van der Waals surface area contributed by atoms with Gasteiger partial charge in [-0.2, -0.15) is 13.2 Å². The number of benzene rings is 2. The van der Waals surface area contributed by atoms with E-state index in [1.807, 2.05) is 0 Å². The van der Waals surface area contributed by atoms with E-state index >= 15 is 0 Å². The first-order valence-corrected chi connectivity index (χ1v) is 11.1. The summed E-state index contributed by atoms with van der Waals surface area (Å²) in [5, 5.41) is 2.49. The number of carbonyl (C=O) groups excluding carboxylic acids is 2. The van der Waals surface area contributed by atoms with Crippen LogP contribution >= 0.6 is 11.3 Å². The van der Waals surface area contributed by atoms with E-state index in [4.69, 9.17) is 4.74 Å². The number of hydrazine groups is 1. The molecule has 33 heavy (non-hydrogen) atoms. The molecule has 11 heteroatoms. The standard InChI is InChI=1S/C22H21F3N4O3S/c1-2-32-20(31)15-6-7-17-18(13-15)33-21(26-17)28-8-10-29(11-9-28)27-19(30)14-4-3-5-16(12-14)22(23,24)25/h3-7,12-13H,2,8-11H2,1H3,(H,27,30). The largest absolute Gasteiger partial charge is 0.462 e. The van der Waals surface area contributed by atoms with Gasteiger partial charge in [-0.25, -0.2) is 14.8 Å². The minimum atomic E-state index is -4.50. The number of nitrogens with zero attached hydrogens (tertiary/aromatic N) is 3. The predicted octanol–water partition coefficient (Wildman–Crippen LogP) is 3.96.